The zero-order valence-corrected chi connectivity index (χ0v) is 13.7. The minimum Gasteiger partial charge on any atom is -0.465 e. The predicted molar refractivity (Wildman–Crippen MR) is 85.3 cm³/mol. The van der Waals surface area contributed by atoms with Gasteiger partial charge in [-0.3, -0.25) is 0 Å². The molecule has 2 rings (SSSR count). The standard InChI is InChI=1S/C15H13F3N2O4S/c1-24-14(21)12(25(22,23)9-15(16,17)18)8-19-13-7-6-10-4-2-3-5-11(10)20-13/h2-8H,9H2,1H3,(H,19,20). The minimum atomic E-state index is -4.99. The first-order chi connectivity index (χ1) is 11.6. The molecule has 0 aliphatic rings. The lowest BCUT2D eigenvalue weighted by atomic mass is 10.2. The zero-order chi connectivity index (χ0) is 18.7. The molecule has 134 valence electrons. The van der Waals surface area contributed by atoms with Crippen molar-refractivity contribution in [2.24, 2.45) is 0 Å². The monoisotopic (exact) mass is 374 g/mol. The first-order valence-corrected chi connectivity index (χ1v) is 8.48. The lowest BCUT2D eigenvalue weighted by Gasteiger charge is -2.10. The van der Waals surface area contributed by atoms with Crippen LogP contribution in [0.25, 0.3) is 10.9 Å². The Labute approximate surface area is 141 Å². The van der Waals surface area contributed by atoms with Crippen molar-refractivity contribution in [1.29, 1.82) is 0 Å². The van der Waals surface area contributed by atoms with Crippen LogP contribution in [0.4, 0.5) is 19.0 Å². The van der Waals surface area contributed by atoms with Crippen LogP contribution in [0.1, 0.15) is 0 Å². The second-order valence-corrected chi connectivity index (χ2v) is 6.87. The summed E-state index contributed by atoms with van der Waals surface area (Å²) < 4.78 is 65.2. The molecule has 1 aromatic heterocycles. The SMILES string of the molecule is COC(=O)C(=CNc1ccc2ccccc2n1)S(=O)(=O)CC(F)(F)F. The van der Waals surface area contributed by atoms with Gasteiger partial charge in [-0.15, -0.1) is 0 Å². The molecule has 0 spiro atoms. The van der Waals surface area contributed by atoms with E-state index in [4.69, 9.17) is 0 Å². The van der Waals surface area contributed by atoms with E-state index in [0.29, 0.717) is 11.7 Å². The van der Waals surface area contributed by atoms with E-state index in [2.05, 4.69) is 15.0 Å². The first-order valence-electron chi connectivity index (χ1n) is 6.83. The Morgan fingerprint density at radius 2 is 1.92 bits per heavy atom. The molecule has 0 amide bonds. The van der Waals surface area contributed by atoms with Gasteiger partial charge in [0.05, 0.1) is 12.6 Å². The van der Waals surface area contributed by atoms with Gasteiger partial charge in [0.1, 0.15) is 5.82 Å². The summed E-state index contributed by atoms with van der Waals surface area (Å²) in [5.41, 5.74) is 0.582. The second-order valence-electron chi connectivity index (χ2n) is 4.91. The molecule has 1 N–H and O–H groups in total. The average Bonchev–Trinajstić information content (AvgIpc) is 2.52. The number of anilines is 1. The van der Waals surface area contributed by atoms with Crippen LogP contribution in [-0.4, -0.2) is 38.4 Å². The highest BCUT2D eigenvalue weighted by Gasteiger charge is 2.39. The van der Waals surface area contributed by atoms with Gasteiger partial charge in [-0.2, -0.15) is 13.2 Å². The molecular formula is C15H13F3N2O4S. The van der Waals surface area contributed by atoms with Crippen molar-refractivity contribution in [3.05, 3.63) is 47.5 Å². The van der Waals surface area contributed by atoms with Gasteiger partial charge in [0.15, 0.2) is 20.5 Å². The van der Waals surface area contributed by atoms with Crippen molar-refractivity contribution < 1.29 is 31.1 Å². The number of sulfone groups is 1. The molecule has 0 atom stereocenters. The Hall–Kier alpha value is -2.62. The van der Waals surface area contributed by atoms with Crippen LogP contribution in [0.15, 0.2) is 47.5 Å². The summed E-state index contributed by atoms with van der Waals surface area (Å²) in [5.74, 6) is -3.42. The number of aromatic nitrogens is 1. The average molecular weight is 374 g/mol. The van der Waals surface area contributed by atoms with Crippen LogP contribution in [0.2, 0.25) is 0 Å². The molecule has 0 aliphatic carbocycles. The van der Waals surface area contributed by atoms with Crippen LogP contribution in [0.3, 0.4) is 0 Å². The summed E-state index contributed by atoms with van der Waals surface area (Å²) in [4.78, 5) is 14.6. The number of benzene rings is 1. The maximum atomic E-state index is 12.4. The van der Waals surface area contributed by atoms with Crippen molar-refractivity contribution in [1.82, 2.24) is 4.98 Å². The number of hydrogen-bond acceptors (Lipinski definition) is 6. The lowest BCUT2D eigenvalue weighted by Crippen LogP contribution is -2.27. The van der Waals surface area contributed by atoms with Crippen LogP contribution >= 0.6 is 0 Å². The number of nitrogens with zero attached hydrogens (tertiary/aromatic N) is 1. The van der Waals surface area contributed by atoms with Gasteiger partial charge in [-0.1, -0.05) is 18.2 Å². The van der Waals surface area contributed by atoms with E-state index in [1.807, 2.05) is 0 Å². The summed E-state index contributed by atoms with van der Waals surface area (Å²) in [6, 6.07) is 10.2. The Kier molecular flexibility index (Phi) is 5.31. The third-order valence-corrected chi connectivity index (χ3v) is 4.69. The molecule has 0 saturated carbocycles. The summed E-state index contributed by atoms with van der Waals surface area (Å²) in [7, 11) is -4.06. The number of pyridine rings is 1. The fourth-order valence-electron chi connectivity index (χ4n) is 1.96. The summed E-state index contributed by atoms with van der Waals surface area (Å²) in [6.45, 7) is 0. The van der Waals surface area contributed by atoms with E-state index in [1.165, 1.54) is 6.07 Å². The number of carbonyl (C=O) groups is 1. The van der Waals surface area contributed by atoms with Crippen LogP contribution in [0, 0.1) is 0 Å². The topological polar surface area (TPSA) is 85.4 Å². The molecule has 0 aliphatic heterocycles. The molecule has 25 heavy (non-hydrogen) atoms. The van der Waals surface area contributed by atoms with Gasteiger partial charge in [-0.25, -0.2) is 18.2 Å². The van der Waals surface area contributed by atoms with Gasteiger partial charge >= 0.3 is 12.1 Å². The number of alkyl halides is 3. The van der Waals surface area contributed by atoms with E-state index in [9.17, 15) is 26.4 Å². The number of hydrogen-bond donors (Lipinski definition) is 1. The normalized spacial score (nSPS) is 12.9. The van der Waals surface area contributed by atoms with Crippen molar-refractivity contribution in [2.45, 2.75) is 6.18 Å². The highest BCUT2D eigenvalue weighted by atomic mass is 32.2. The van der Waals surface area contributed by atoms with Crippen LogP contribution in [-0.2, 0) is 19.4 Å². The Morgan fingerprint density at radius 3 is 2.56 bits per heavy atom. The molecule has 2 aromatic rings. The summed E-state index contributed by atoms with van der Waals surface area (Å²) >= 11 is 0. The number of methoxy groups -OCH3 is 1. The van der Waals surface area contributed by atoms with Gasteiger partial charge in [0.25, 0.3) is 0 Å². The van der Waals surface area contributed by atoms with E-state index in [1.54, 1.807) is 30.3 Å². The molecule has 0 saturated heterocycles. The quantitative estimate of drug-likeness (QED) is 0.640. The smallest absolute Gasteiger partial charge is 0.403 e. The molecule has 6 nitrogen and oxygen atoms in total. The molecule has 1 heterocycles. The molecule has 0 bridgehead atoms. The number of ether oxygens (including phenoxy) is 1. The van der Waals surface area contributed by atoms with Crippen LogP contribution < -0.4 is 5.32 Å². The Bertz CT molecular complexity index is 924. The maximum Gasteiger partial charge on any atom is 0.403 e. The molecular weight excluding hydrogens is 361 g/mol. The van der Waals surface area contributed by atoms with Crippen molar-refractivity contribution in [3.63, 3.8) is 0 Å². The van der Waals surface area contributed by atoms with E-state index < -0.39 is 32.6 Å². The van der Waals surface area contributed by atoms with Crippen LogP contribution in [0.5, 0.6) is 0 Å². The number of rotatable bonds is 5. The number of nitrogens with one attached hydrogen (secondary N) is 1. The first kappa shape index (κ1) is 18.7. The maximum absolute atomic E-state index is 12.4. The molecule has 0 fully saturated rings. The molecule has 10 heteroatoms. The fourth-order valence-corrected chi connectivity index (χ4v) is 3.12. The third kappa shape index (κ3) is 4.92. The summed E-state index contributed by atoms with van der Waals surface area (Å²) in [6.07, 6.45) is -4.35. The molecule has 0 unspecified atom stereocenters. The number of fused-ring (bicyclic) bond motifs is 1. The highest BCUT2D eigenvalue weighted by molar-refractivity contribution is 7.96. The molecule has 1 aromatic carbocycles. The van der Waals surface area contributed by atoms with E-state index in [-0.39, 0.29) is 5.82 Å². The molecule has 0 radical (unpaired) electrons. The lowest BCUT2D eigenvalue weighted by molar-refractivity contribution is -0.135. The van der Waals surface area contributed by atoms with Gasteiger partial charge in [0.2, 0.25) is 0 Å². The third-order valence-electron chi connectivity index (χ3n) is 3.02. The van der Waals surface area contributed by atoms with E-state index >= 15 is 0 Å². The predicted octanol–water partition coefficient (Wildman–Crippen LogP) is 2.64. The van der Waals surface area contributed by atoms with E-state index in [0.717, 1.165) is 12.5 Å². The van der Waals surface area contributed by atoms with Gasteiger partial charge < -0.3 is 10.1 Å². The van der Waals surface area contributed by atoms with Crippen molar-refractivity contribution in [3.8, 4) is 0 Å². The fraction of sp³-hybridized carbons (Fsp3) is 0.200. The summed E-state index contributed by atoms with van der Waals surface area (Å²) in [5, 5.41) is 3.24. The number of halogens is 3. The van der Waals surface area contributed by atoms with Gasteiger partial charge in [-0.05, 0) is 18.2 Å². The highest BCUT2D eigenvalue weighted by Crippen LogP contribution is 2.22. The number of esters is 1. The Morgan fingerprint density at radius 1 is 1.24 bits per heavy atom. The largest absolute Gasteiger partial charge is 0.465 e. The minimum absolute atomic E-state index is 0.155. The zero-order valence-electron chi connectivity index (χ0n) is 12.9. The van der Waals surface area contributed by atoms with Gasteiger partial charge in [0, 0.05) is 11.6 Å². The number of carbonyl (C=O) groups excluding carboxylic acids is 1. The number of para-hydroxylation sites is 1. The second kappa shape index (κ2) is 7.09. The van der Waals surface area contributed by atoms with Crippen molar-refractivity contribution >= 4 is 32.5 Å². The Balaban J connectivity index is 2.35. The van der Waals surface area contributed by atoms with Crippen molar-refractivity contribution in [2.75, 3.05) is 18.2 Å².